The SMILES string of the molecule is COc1cc([C@@H](C)N)cc(OC)c1Br. The molecule has 0 amide bonds. The number of hydrogen-bond acceptors (Lipinski definition) is 3. The van der Waals surface area contributed by atoms with Gasteiger partial charge in [0.25, 0.3) is 0 Å². The molecule has 78 valence electrons. The molecule has 3 nitrogen and oxygen atoms in total. The fourth-order valence-corrected chi connectivity index (χ4v) is 1.71. The van der Waals surface area contributed by atoms with Crippen LogP contribution in [0.3, 0.4) is 0 Å². The third-order valence-electron chi connectivity index (χ3n) is 1.99. The molecular weight excluding hydrogens is 246 g/mol. The van der Waals surface area contributed by atoms with Crippen LogP contribution in [0.2, 0.25) is 0 Å². The summed E-state index contributed by atoms with van der Waals surface area (Å²) >= 11 is 3.39. The van der Waals surface area contributed by atoms with Gasteiger partial charge in [0.05, 0.1) is 14.2 Å². The molecule has 0 radical (unpaired) electrons. The minimum absolute atomic E-state index is 0.0362. The largest absolute Gasteiger partial charge is 0.495 e. The Morgan fingerprint density at radius 2 is 1.64 bits per heavy atom. The zero-order valence-electron chi connectivity index (χ0n) is 8.50. The Hall–Kier alpha value is -0.740. The molecule has 1 aromatic carbocycles. The van der Waals surface area contributed by atoms with Crippen LogP contribution in [-0.2, 0) is 0 Å². The predicted octanol–water partition coefficient (Wildman–Crippen LogP) is 2.49. The predicted molar refractivity (Wildman–Crippen MR) is 59.8 cm³/mol. The molecule has 0 saturated carbocycles. The molecule has 0 fully saturated rings. The molecule has 14 heavy (non-hydrogen) atoms. The van der Waals surface area contributed by atoms with Crippen molar-refractivity contribution in [2.24, 2.45) is 5.73 Å². The van der Waals surface area contributed by atoms with Crippen molar-refractivity contribution >= 4 is 15.9 Å². The first-order chi connectivity index (χ1) is 6.60. The van der Waals surface area contributed by atoms with Gasteiger partial charge >= 0.3 is 0 Å². The lowest BCUT2D eigenvalue weighted by molar-refractivity contribution is 0.388. The molecule has 0 spiro atoms. The lowest BCUT2D eigenvalue weighted by Crippen LogP contribution is -2.05. The van der Waals surface area contributed by atoms with Crippen molar-refractivity contribution in [3.63, 3.8) is 0 Å². The van der Waals surface area contributed by atoms with E-state index in [1.165, 1.54) is 0 Å². The van der Waals surface area contributed by atoms with Crippen molar-refractivity contribution in [2.75, 3.05) is 14.2 Å². The van der Waals surface area contributed by atoms with Gasteiger partial charge in [-0.05, 0) is 40.5 Å². The van der Waals surface area contributed by atoms with Gasteiger partial charge in [-0.1, -0.05) is 0 Å². The Labute approximate surface area is 92.3 Å². The molecule has 0 heterocycles. The van der Waals surface area contributed by atoms with E-state index in [2.05, 4.69) is 15.9 Å². The summed E-state index contributed by atoms with van der Waals surface area (Å²) in [5, 5.41) is 0. The molecule has 4 heteroatoms. The maximum Gasteiger partial charge on any atom is 0.137 e. The number of methoxy groups -OCH3 is 2. The van der Waals surface area contributed by atoms with Crippen LogP contribution in [0.5, 0.6) is 11.5 Å². The number of halogens is 1. The number of ether oxygens (including phenoxy) is 2. The topological polar surface area (TPSA) is 44.5 Å². The van der Waals surface area contributed by atoms with Crippen molar-refractivity contribution < 1.29 is 9.47 Å². The number of benzene rings is 1. The second-order valence-electron chi connectivity index (χ2n) is 3.03. The molecular formula is C10H14BrNO2. The second kappa shape index (κ2) is 4.66. The Bertz CT molecular complexity index is 301. The average Bonchev–Trinajstić information content (AvgIpc) is 2.17. The van der Waals surface area contributed by atoms with Crippen LogP contribution in [-0.4, -0.2) is 14.2 Å². The van der Waals surface area contributed by atoms with Gasteiger partial charge in [0.15, 0.2) is 0 Å². The van der Waals surface area contributed by atoms with Gasteiger partial charge in [-0.25, -0.2) is 0 Å². The van der Waals surface area contributed by atoms with E-state index < -0.39 is 0 Å². The third-order valence-corrected chi connectivity index (χ3v) is 2.78. The molecule has 0 bridgehead atoms. The normalized spacial score (nSPS) is 12.4. The summed E-state index contributed by atoms with van der Waals surface area (Å²) in [5.41, 5.74) is 6.77. The number of hydrogen-bond donors (Lipinski definition) is 1. The van der Waals surface area contributed by atoms with Crippen molar-refractivity contribution in [3.05, 3.63) is 22.2 Å². The van der Waals surface area contributed by atoms with Crippen molar-refractivity contribution in [1.29, 1.82) is 0 Å². The maximum atomic E-state index is 5.78. The van der Waals surface area contributed by atoms with E-state index in [9.17, 15) is 0 Å². The van der Waals surface area contributed by atoms with Gasteiger partial charge in [-0.2, -0.15) is 0 Å². The number of rotatable bonds is 3. The summed E-state index contributed by atoms with van der Waals surface area (Å²) in [6, 6.07) is 3.76. The summed E-state index contributed by atoms with van der Waals surface area (Å²) in [5.74, 6) is 1.47. The summed E-state index contributed by atoms with van der Waals surface area (Å²) in [6.07, 6.45) is 0. The summed E-state index contributed by atoms with van der Waals surface area (Å²) in [6.45, 7) is 1.92. The monoisotopic (exact) mass is 259 g/mol. The molecule has 0 saturated heterocycles. The fraction of sp³-hybridized carbons (Fsp3) is 0.400. The van der Waals surface area contributed by atoms with E-state index in [4.69, 9.17) is 15.2 Å². The second-order valence-corrected chi connectivity index (χ2v) is 3.82. The molecule has 0 aliphatic carbocycles. The molecule has 1 rings (SSSR count). The van der Waals surface area contributed by atoms with Crippen LogP contribution in [0.25, 0.3) is 0 Å². The minimum atomic E-state index is -0.0362. The highest BCUT2D eigenvalue weighted by atomic mass is 79.9. The standard InChI is InChI=1S/C10H14BrNO2/c1-6(12)7-4-8(13-2)10(11)9(5-7)14-3/h4-6H,12H2,1-3H3/t6-/m1/s1. The van der Waals surface area contributed by atoms with E-state index in [1.54, 1.807) is 14.2 Å². The van der Waals surface area contributed by atoms with Crippen molar-refractivity contribution in [1.82, 2.24) is 0 Å². The lowest BCUT2D eigenvalue weighted by atomic mass is 10.1. The first-order valence-corrected chi connectivity index (χ1v) is 5.06. The van der Waals surface area contributed by atoms with Crippen LogP contribution in [0.1, 0.15) is 18.5 Å². The van der Waals surface area contributed by atoms with Crippen LogP contribution < -0.4 is 15.2 Å². The van der Waals surface area contributed by atoms with Gasteiger partial charge in [0, 0.05) is 6.04 Å². The molecule has 0 unspecified atom stereocenters. The van der Waals surface area contributed by atoms with Crippen molar-refractivity contribution in [2.45, 2.75) is 13.0 Å². The quantitative estimate of drug-likeness (QED) is 0.908. The Balaban J connectivity index is 3.25. The smallest absolute Gasteiger partial charge is 0.137 e. The van der Waals surface area contributed by atoms with Crippen LogP contribution in [0, 0.1) is 0 Å². The minimum Gasteiger partial charge on any atom is -0.495 e. The van der Waals surface area contributed by atoms with Crippen LogP contribution in [0.15, 0.2) is 16.6 Å². The highest BCUT2D eigenvalue weighted by Crippen LogP contribution is 2.36. The van der Waals surface area contributed by atoms with Crippen molar-refractivity contribution in [3.8, 4) is 11.5 Å². The first kappa shape index (κ1) is 11.3. The Kier molecular flexibility index (Phi) is 3.77. The van der Waals surface area contributed by atoms with Gasteiger partial charge < -0.3 is 15.2 Å². The lowest BCUT2D eigenvalue weighted by Gasteiger charge is -2.13. The van der Waals surface area contributed by atoms with E-state index in [0.29, 0.717) is 0 Å². The zero-order valence-corrected chi connectivity index (χ0v) is 10.1. The van der Waals surface area contributed by atoms with Gasteiger partial charge in [0.1, 0.15) is 16.0 Å². The van der Waals surface area contributed by atoms with Crippen LogP contribution in [0.4, 0.5) is 0 Å². The Morgan fingerprint density at radius 1 is 1.21 bits per heavy atom. The molecule has 2 N–H and O–H groups in total. The zero-order chi connectivity index (χ0) is 10.7. The summed E-state index contributed by atoms with van der Waals surface area (Å²) in [7, 11) is 3.23. The highest BCUT2D eigenvalue weighted by Gasteiger charge is 2.11. The summed E-state index contributed by atoms with van der Waals surface area (Å²) in [4.78, 5) is 0. The summed E-state index contributed by atoms with van der Waals surface area (Å²) < 4.78 is 11.2. The van der Waals surface area contributed by atoms with Gasteiger partial charge in [0.2, 0.25) is 0 Å². The maximum absolute atomic E-state index is 5.78. The third kappa shape index (κ3) is 2.19. The molecule has 0 aliphatic rings. The van der Waals surface area contributed by atoms with E-state index >= 15 is 0 Å². The van der Waals surface area contributed by atoms with Gasteiger partial charge in [-0.3, -0.25) is 0 Å². The Morgan fingerprint density at radius 3 is 1.93 bits per heavy atom. The first-order valence-electron chi connectivity index (χ1n) is 4.27. The highest BCUT2D eigenvalue weighted by molar-refractivity contribution is 9.10. The van der Waals surface area contributed by atoms with E-state index in [1.807, 2.05) is 19.1 Å². The molecule has 1 aromatic rings. The molecule has 1 atom stereocenters. The molecule has 0 aromatic heterocycles. The van der Waals surface area contributed by atoms with Crippen LogP contribution >= 0.6 is 15.9 Å². The average molecular weight is 260 g/mol. The fourth-order valence-electron chi connectivity index (χ4n) is 1.15. The number of nitrogens with two attached hydrogens (primary N) is 1. The van der Waals surface area contributed by atoms with Gasteiger partial charge in [-0.15, -0.1) is 0 Å². The van der Waals surface area contributed by atoms with E-state index in [-0.39, 0.29) is 6.04 Å². The molecule has 0 aliphatic heterocycles. The van der Waals surface area contributed by atoms with E-state index in [0.717, 1.165) is 21.5 Å².